The molecule has 0 fully saturated rings. The highest BCUT2D eigenvalue weighted by Crippen LogP contribution is 2.24. The maximum absolute atomic E-state index is 4.52. The summed E-state index contributed by atoms with van der Waals surface area (Å²) >= 11 is 0. The smallest absolute Gasteiger partial charge is 0.249 e. The third kappa shape index (κ3) is 4.32. The quantitative estimate of drug-likeness (QED) is 0.700. The molecule has 0 radical (unpaired) electrons. The van der Waals surface area contributed by atoms with Crippen LogP contribution in [0, 0.1) is 13.8 Å². The Morgan fingerprint density at radius 3 is 2.56 bits per heavy atom. The second kappa shape index (κ2) is 7.75. The van der Waals surface area contributed by atoms with Crippen LogP contribution in [-0.2, 0) is 13.0 Å². The monoisotopic (exact) mass is 333 g/mol. The standard InChI is InChI=1S/C20H23N5/c1-4-17-7-5-6-15(3)19(17)24-20-23-18(13-22-25-20)21-12-16-10-8-14(2)9-11-16/h5-11,13H,4,12H2,1-3H3,(H2,21,23,24,25). The van der Waals surface area contributed by atoms with Crippen LogP contribution in [0.3, 0.4) is 0 Å². The average Bonchev–Trinajstić information content (AvgIpc) is 2.63. The molecule has 0 amide bonds. The molecule has 0 aliphatic rings. The van der Waals surface area contributed by atoms with Gasteiger partial charge in [-0.15, -0.1) is 5.10 Å². The predicted molar refractivity (Wildman–Crippen MR) is 102 cm³/mol. The SMILES string of the molecule is CCc1cccc(C)c1Nc1nncc(NCc2ccc(C)cc2)n1. The molecular formula is C20H23N5. The highest BCUT2D eigenvalue weighted by atomic mass is 15.3. The van der Waals surface area contributed by atoms with E-state index in [0.717, 1.165) is 12.1 Å². The topological polar surface area (TPSA) is 62.7 Å². The summed E-state index contributed by atoms with van der Waals surface area (Å²) in [6, 6.07) is 14.7. The van der Waals surface area contributed by atoms with Gasteiger partial charge in [0.25, 0.3) is 0 Å². The van der Waals surface area contributed by atoms with Gasteiger partial charge in [0.05, 0.1) is 6.20 Å². The van der Waals surface area contributed by atoms with Gasteiger partial charge in [-0.2, -0.15) is 10.1 Å². The van der Waals surface area contributed by atoms with E-state index in [4.69, 9.17) is 0 Å². The Balaban J connectivity index is 1.72. The molecule has 0 unspecified atom stereocenters. The number of hydrogen-bond acceptors (Lipinski definition) is 5. The van der Waals surface area contributed by atoms with Crippen molar-refractivity contribution in [2.45, 2.75) is 33.7 Å². The van der Waals surface area contributed by atoms with Crippen LogP contribution in [0.2, 0.25) is 0 Å². The van der Waals surface area contributed by atoms with Gasteiger partial charge in [0.1, 0.15) is 0 Å². The van der Waals surface area contributed by atoms with Crippen LogP contribution >= 0.6 is 0 Å². The third-order valence-corrected chi connectivity index (χ3v) is 4.13. The number of benzene rings is 2. The number of nitrogens with zero attached hydrogens (tertiary/aromatic N) is 3. The lowest BCUT2D eigenvalue weighted by Crippen LogP contribution is -2.07. The number of aryl methyl sites for hydroxylation is 3. The van der Waals surface area contributed by atoms with Crippen molar-refractivity contribution in [3.8, 4) is 0 Å². The minimum atomic E-state index is 0.498. The van der Waals surface area contributed by atoms with E-state index in [2.05, 4.69) is 89.1 Å². The van der Waals surface area contributed by atoms with Gasteiger partial charge in [-0.05, 0) is 37.0 Å². The molecule has 1 heterocycles. The summed E-state index contributed by atoms with van der Waals surface area (Å²) < 4.78 is 0. The lowest BCUT2D eigenvalue weighted by Gasteiger charge is -2.13. The van der Waals surface area contributed by atoms with Crippen molar-refractivity contribution in [3.05, 3.63) is 70.9 Å². The van der Waals surface area contributed by atoms with Crippen molar-refractivity contribution in [1.82, 2.24) is 15.2 Å². The molecule has 5 nitrogen and oxygen atoms in total. The van der Waals surface area contributed by atoms with Crippen LogP contribution in [-0.4, -0.2) is 15.2 Å². The fourth-order valence-electron chi connectivity index (χ4n) is 2.65. The van der Waals surface area contributed by atoms with Crippen LogP contribution in [0.5, 0.6) is 0 Å². The third-order valence-electron chi connectivity index (χ3n) is 4.13. The minimum Gasteiger partial charge on any atom is -0.365 e. The van der Waals surface area contributed by atoms with Gasteiger partial charge in [0.15, 0.2) is 5.82 Å². The van der Waals surface area contributed by atoms with Crippen LogP contribution < -0.4 is 10.6 Å². The van der Waals surface area contributed by atoms with E-state index in [1.807, 2.05) is 0 Å². The molecule has 3 aromatic rings. The molecule has 128 valence electrons. The first kappa shape index (κ1) is 16.9. The molecular weight excluding hydrogens is 310 g/mol. The number of aromatic nitrogens is 3. The summed E-state index contributed by atoms with van der Waals surface area (Å²) in [5.41, 5.74) is 5.92. The number of hydrogen-bond donors (Lipinski definition) is 2. The fraction of sp³-hybridized carbons (Fsp3) is 0.250. The summed E-state index contributed by atoms with van der Waals surface area (Å²) in [6.07, 6.45) is 2.58. The van der Waals surface area contributed by atoms with Crippen molar-refractivity contribution in [3.63, 3.8) is 0 Å². The Kier molecular flexibility index (Phi) is 5.23. The first-order valence-electron chi connectivity index (χ1n) is 8.50. The second-order valence-electron chi connectivity index (χ2n) is 6.09. The number of rotatable bonds is 6. The molecule has 0 saturated heterocycles. The molecule has 0 aliphatic carbocycles. The zero-order valence-electron chi connectivity index (χ0n) is 14.9. The molecule has 0 bridgehead atoms. The summed E-state index contributed by atoms with van der Waals surface area (Å²) in [5, 5.41) is 14.8. The Morgan fingerprint density at radius 2 is 1.80 bits per heavy atom. The number of para-hydroxylation sites is 1. The Hall–Kier alpha value is -2.95. The summed E-state index contributed by atoms with van der Waals surface area (Å²) in [5.74, 6) is 1.20. The van der Waals surface area contributed by atoms with E-state index in [1.54, 1.807) is 6.20 Å². The predicted octanol–water partition coefficient (Wildman–Crippen LogP) is 4.41. The normalized spacial score (nSPS) is 10.5. The van der Waals surface area contributed by atoms with E-state index in [1.165, 1.54) is 22.3 Å². The van der Waals surface area contributed by atoms with Crippen LogP contribution in [0.4, 0.5) is 17.5 Å². The maximum atomic E-state index is 4.52. The summed E-state index contributed by atoms with van der Waals surface area (Å²) in [4.78, 5) is 4.52. The Bertz CT molecular complexity index is 843. The van der Waals surface area contributed by atoms with Crippen LogP contribution in [0.25, 0.3) is 0 Å². The van der Waals surface area contributed by atoms with E-state index in [0.29, 0.717) is 18.3 Å². The van der Waals surface area contributed by atoms with E-state index >= 15 is 0 Å². The van der Waals surface area contributed by atoms with Gasteiger partial charge < -0.3 is 10.6 Å². The molecule has 3 rings (SSSR count). The van der Waals surface area contributed by atoms with Crippen molar-refractivity contribution < 1.29 is 0 Å². The van der Waals surface area contributed by atoms with Gasteiger partial charge >= 0.3 is 0 Å². The first-order valence-corrected chi connectivity index (χ1v) is 8.50. The molecule has 0 spiro atoms. The lowest BCUT2D eigenvalue weighted by atomic mass is 10.1. The lowest BCUT2D eigenvalue weighted by molar-refractivity contribution is 0.963. The van der Waals surface area contributed by atoms with E-state index in [9.17, 15) is 0 Å². The number of nitrogens with one attached hydrogen (secondary N) is 2. The van der Waals surface area contributed by atoms with Crippen molar-refractivity contribution in [1.29, 1.82) is 0 Å². The van der Waals surface area contributed by atoms with Gasteiger partial charge in [-0.25, -0.2) is 0 Å². The fourth-order valence-corrected chi connectivity index (χ4v) is 2.65. The van der Waals surface area contributed by atoms with Crippen LogP contribution in [0.1, 0.15) is 29.2 Å². The molecule has 0 aliphatic heterocycles. The average molecular weight is 333 g/mol. The Labute approximate surface area is 148 Å². The van der Waals surface area contributed by atoms with E-state index in [-0.39, 0.29) is 0 Å². The minimum absolute atomic E-state index is 0.498. The summed E-state index contributed by atoms with van der Waals surface area (Å²) in [6.45, 7) is 7.00. The Morgan fingerprint density at radius 1 is 1.00 bits per heavy atom. The van der Waals surface area contributed by atoms with Gasteiger partial charge in [0, 0.05) is 12.2 Å². The second-order valence-corrected chi connectivity index (χ2v) is 6.09. The molecule has 2 aromatic carbocycles. The van der Waals surface area contributed by atoms with Gasteiger partial charge in [-0.3, -0.25) is 0 Å². The molecule has 0 saturated carbocycles. The molecule has 1 aromatic heterocycles. The van der Waals surface area contributed by atoms with Crippen molar-refractivity contribution >= 4 is 17.5 Å². The van der Waals surface area contributed by atoms with Gasteiger partial charge in [0.2, 0.25) is 5.95 Å². The highest BCUT2D eigenvalue weighted by molar-refractivity contribution is 5.63. The molecule has 25 heavy (non-hydrogen) atoms. The first-order chi connectivity index (χ1) is 12.2. The van der Waals surface area contributed by atoms with Crippen molar-refractivity contribution in [2.75, 3.05) is 10.6 Å². The highest BCUT2D eigenvalue weighted by Gasteiger charge is 2.07. The number of anilines is 3. The van der Waals surface area contributed by atoms with Gasteiger partial charge in [-0.1, -0.05) is 55.0 Å². The zero-order valence-corrected chi connectivity index (χ0v) is 14.9. The van der Waals surface area contributed by atoms with Crippen molar-refractivity contribution in [2.24, 2.45) is 0 Å². The van der Waals surface area contributed by atoms with Crippen LogP contribution in [0.15, 0.2) is 48.7 Å². The molecule has 0 atom stereocenters. The largest absolute Gasteiger partial charge is 0.365 e. The van der Waals surface area contributed by atoms with E-state index < -0.39 is 0 Å². The molecule has 2 N–H and O–H groups in total. The summed E-state index contributed by atoms with van der Waals surface area (Å²) in [7, 11) is 0. The maximum Gasteiger partial charge on any atom is 0.249 e. The molecule has 5 heteroatoms. The zero-order chi connectivity index (χ0) is 17.6.